The van der Waals surface area contributed by atoms with Gasteiger partial charge < -0.3 is 4.40 Å². The van der Waals surface area contributed by atoms with E-state index < -0.39 is 11.4 Å². The molecule has 1 atom stereocenters. The second-order valence-electron chi connectivity index (χ2n) is 10.2. The summed E-state index contributed by atoms with van der Waals surface area (Å²) in [5.74, 6) is -0.732. The smallest absolute Gasteiger partial charge is 0.173 e. The SMILES string of the molecule is Fc1ccc(-c2nn(C(c3ccccc3)(c3ccccc3)C3C=CC=CC3)cc2-c2cc(F)c3nccn3c2)cc1. The summed E-state index contributed by atoms with van der Waals surface area (Å²) in [7, 11) is 0. The van der Waals surface area contributed by atoms with E-state index in [1.165, 1.54) is 18.2 Å². The molecule has 3 heterocycles. The summed E-state index contributed by atoms with van der Waals surface area (Å²) in [6, 6.07) is 28.5. The number of imidazole rings is 1. The molecule has 200 valence electrons. The summed E-state index contributed by atoms with van der Waals surface area (Å²) < 4.78 is 32.9. The van der Waals surface area contributed by atoms with Gasteiger partial charge in [-0.1, -0.05) is 85.0 Å². The Kier molecular flexibility index (Phi) is 6.16. The zero-order chi connectivity index (χ0) is 27.8. The Hall–Kier alpha value is -5.10. The molecule has 0 N–H and O–H groups in total. The van der Waals surface area contributed by atoms with Gasteiger partial charge in [-0.2, -0.15) is 5.10 Å². The Morgan fingerprint density at radius 3 is 2.15 bits per heavy atom. The largest absolute Gasteiger partial charge is 0.304 e. The molecule has 0 spiro atoms. The molecule has 41 heavy (non-hydrogen) atoms. The van der Waals surface area contributed by atoms with E-state index in [4.69, 9.17) is 5.10 Å². The fraction of sp³-hybridized carbons (Fsp3) is 0.0857. The molecule has 1 aliphatic carbocycles. The Labute approximate surface area is 236 Å². The van der Waals surface area contributed by atoms with E-state index in [2.05, 4.69) is 53.6 Å². The van der Waals surface area contributed by atoms with Gasteiger partial charge in [-0.15, -0.1) is 0 Å². The molecule has 3 aromatic carbocycles. The average Bonchev–Trinajstić information content (AvgIpc) is 3.68. The first-order valence-electron chi connectivity index (χ1n) is 13.6. The molecular weight excluding hydrogens is 514 g/mol. The third-order valence-corrected chi connectivity index (χ3v) is 7.89. The first-order valence-corrected chi connectivity index (χ1v) is 13.6. The van der Waals surface area contributed by atoms with E-state index in [0.717, 1.165) is 28.7 Å². The zero-order valence-corrected chi connectivity index (χ0v) is 22.1. The Morgan fingerprint density at radius 1 is 0.780 bits per heavy atom. The molecule has 0 saturated heterocycles. The van der Waals surface area contributed by atoms with Gasteiger partial charge >= 0.3 is 0 Å². The van der Waals surface area contributed by atoms with Crippen molar-refractivity contribution in [1.82, 2.24) is 19.2 Å². The first-order chi connectivity index (χ1) is 20.1. The summed E-state index contributed by atoms with van der Waals surface area (Å²) in [5.41, 5.74) is 4.43. The van der Waals surface area contributed by atoms with Crippen molar-refractivity contribution >= 4 is 5.65 Å². The van der Waals surface area contributed by atoms with E-state index in [9.17, 15) is 4.39 Å². The number of allylic oxidation sites excluding steroid dienone is 4. The van der Waals surface area contributed by atoms with Gasteiger partial charge in [0.05, 0.1) is 0 Å². The van der Waals surface area contributed by atoms with Gasteiger partial charge in [-0.05, 0) is 47.9 Å². The van der Waals surface area contributed by atoms with Crippen molar-refractivity contribution in [2.24, 2.45) is 5.92 Å². The van der Waals surface area contributed by atoms with Crippen LogP contribution in [0.5, 0.6) is 0 Å². The molecule has 0 radical (unpaired) electrons. The number of fused-ring (bicyclic) bond motifs is 1. The first kappa shape index (κ1) is 24.9. The number of hydrogen-bond donors (Lipinski definition) is 0. The third kappa shape index (κ3) is 4.19. The highest BCUT2D eigenvalue weighted by Gasteiger charge is 2.44. The van der Waals surface area contributed by atoms with E-state index in [1.807, 2.05) is 53.5 Å². The number of pyridine rings is 1. The number of nitrogens with zero attached hydrogens (tertiary/aromatic N) is 4. The Bertz CT molecular complexity index is 1840. The minimum atomic E-state index is -0.728. The van der Waals surface area contributed by atoms with Crippen molar-refractivity contribution in [3.8, 4) is 22.4 Å². The monoisotopic (exact) mass is 540 g/mol. The van der Waals surface area contributed by atoms with Crippen LogP contribution in [0.2, 0.25) is 0 Å². The van der Waals surface area contributed by atoms with E-state index in [-0.39, 0.29) is 17.4 Å². The fourth-order valence-corrected chi connectivity index (χ4v) is 6.03. The van der Waals surface area contributed by atoms with Crippen molar-refractivity contribution in [3.63, 3.8) is 0 Å². The number of hydrogen-bond acceptors (Lipinski definition) is 2. The molecule has 0 aliphatic heterocycles. The lowest BCUT2D eigenvalue weighted by Gasteiger charge is -2.41. The van der Waals surface area contributed by atoms with Gasteiger partial charge in [0.1, 0.15) is 17.1 Å². The maximum atomic E-state index is 15.2. The highest BCUT2D eigenvalue weighted by Crippen LogP contribution is 2.46. The molecule has 1 aliphatic rings. The zero-order valence-electron chi connectivity index (χ0n) is 22.1. The van der Waals surface area contributed by atoms with Crippen LogP contribution in [0.1, 0.15) is 17.5 Å². The summed E-state index contributed by atoms with van der Waals surface area (Å²) in [6.45, 7) is 0. The van der Waals surface area contributed by atoms with Crippen LogP contribution in [0.25, 0.3) is 28.0 Å². The van der Waals surface area contributed by atoms with Crippen LogP contribution in [-0.4, -0.2) is 19.2 Å². The lowest BCUT2D eigenvalue weighted by atomic mass is 9.70. The maximum absolute atomic E-state index is 15.2. The van der Waals surface area contributed by atoms with Gasteiger partial charge in [0, 0.05) is 47.4 Å². The fourth-order valence-electron chi connectivity index (χ4n) is 6.03. The second-order valence-corrected chi connectivity index (χ2v) is 10.2. The molecule has 6 aromatic rings. The second kappa shape index (κ2) is 10.1. The standard InChI is InChI=1S/C35H26F2N4/c36-30-18-16-25(17-19-30)33-31(26-22-32(37)34-38-20-21-40(34)23-26)24-41(39-33)35(27-10-4-1-5-11-27,28-12-6-2-7-13-28)29-14-8-3-9-15-29/h1-14,16-24,29H,15H2. The highest BCUT2D eigenvalue weighted by molar-refractivity contribution is 5.81. The normalized spacial score (nSPS) is 15.0. The van der Waals surface area contributed by atoms with E-state index >= 15 is 4.39 Å². The number of halogens is 2. The molecule has 0 bridgehead atoms. The van der Waals surface area contributed by atoms with Crippen LogP contribution in [0.3, 0.4) is 0 Å². The molecule has 3 aromatic heterocycles. The van der Waals surface area contributed by atoms with Gasteiger partial charge in [-0.25, -0.2) is 13.8 Å². The quantitative estimate of drug-likeness (QED) is 0.214. The molecule has 6 heteroatoms. The summed E-state index contributed by atoms with van der Waals surface area (Å²) in [6.07, 6.45) is 16.5. The van der Waals surface area contributed by atoms with Crippen molar-refractivity contribution in [3.05, 3.63) is 163 Å². The topological polar surface area (TPSA) is 35.1 Å². The minimum absolute atomic E-state index is 0.0268. The summed E-state index contributed by atoms with van der Waals surface area (Å²) in [5, 5.41) is 5.27. The van der Waals surface area contributed by atoms with Crippen LogP contribution in [0.15, 0.2) is 140 Å². The molecule has 0 amide bonds. The van der Waals surface area contributed by atoms with Gasteiger partial charge in [-0.3, -0.25) is 4.68 Å². The molecular formula is C35H26F2N4. The van der Waals surface area contributed by atoms with Gasteiger partial charge in [0.2, 0.25) is 0 Å². The van der Waals surface area contributed by atoms with Crippen LogP contribution in [0.4, 0.5) is 8.78 Å². The minimum Gasteiger partial charge on any atom is -0.304 e. The molecule has 1 unspecified atom stereocenters. The predicted molar refractivity (Wildman–Crippen MR) is 157 cm³/mol. The lowest BCUT2D eigenvalue weighted by Crippen LogP contribution is -2.43. The van der Waals surface area contributed by atoms with Gasteiger partial charge in [0.25, 0.3) is 0 Å². The maximum Gasteiger partial charge on any atom is 0.173 e. The summed E-state index contributed by atoms with van der Waals surface area (Å²) >= 11 is 0. The number of benzene rings is 3. The summed E-state index contributed by atoms with van der Waals surface area (Å²) in [4.78, 5) is 4.14. The van der Waals surface area contributed by atoms with E-state index in [1.54, 1.807) is 28.9 Å². The Morgan fingerprint density at radius 2 is 1.49 bits per heavy atom. The van der Waals surface area contributed by atoms with Gasteiger partial charge in [0.15, 0.2) is 11.5 Å². The van der Waals surface area contributed by atoms with Crippen molar-refractivity contribution in [2.75, 3.05) is 0 Å². The third-order valence-electron chi connectivity index (χ3n) is 7.89. The van der Waals surface area contributed by atoms with Crippen LogP contribution in [0, 0.1) is 17.6 Å². The van der Waals surface area contributed by atoms with Crippen LogP contribution in [-0.2, 0) is 5.54 Å². The number of aromatic nitrogens is 4. The predicted octanol–water partition coefficient (Wildman–Crippen LogP) is 8.07. The molecule has 7 rings (SSSR count). The van der Waals surface area contributed by atoms with Crippen LogP contribution < -0.4 is 0 Å². The van der Waals surface area contributed by atoms with E-state index in [0.29, 0.717) is 11.3 Å². The lowest BCUT2D eigenvalue weighted by molar-refractivity contribution is 0.293. The molecule has 4 nitrogen and oxygen atoms in total. The number of rotatable bonds is 6. The highest BCUT2D eigenvalue weighted by atomic mass is 19.1. The average molecular weight is 541 g/mol. The Balaban J connectivity index is 1.56. The van der Waals surface area contributed by atoms with Crippen molar-refractivity contribution in [2.45, 2.75) is 12.0 Å². The van der Waals surface area contributed by atoms with Crippen LogP contribution >= 0.6 is 0 Å². The van der Waals surface area contributed by atoms with Crippen molar-refractivity contribution in [1.29, 1.82) is 0 Å². The van der Waals surface area contributed by atoms with Crippen molar-refractivity contribution < 1.29 is 8.78 Å². The molecule has 0 saturated carbocycles. The molecule has 0 fully saturated rings.